The van der Waals surface area contributed by atoms with Gasteiger partial charge in [0, 0.05) is 17.8 Å². The highest BCUT2D eigenvalue weighted by Gasteiger charge is 1.93. The van der Waals surface area contributed by atoms with Crippen molar-refractivity contribution >= 4 is 25.3 Å². The van der Waals surface area contributed by atoms with E-state index in [1.165, 1.54) is 16.1 Å². The van der Waals surface area contributed by atoms with Crippen molar-refractivity contribution in [1.82, 2.24) is 4.98 Å². The van der Waals surface area contributed by atoms with Crippen molar-refractivity contribution in [3.05, 3.63) is 36.7 Å². The molecule has 0 radical (unpaired) electrons. The number of nitrogens with zero attached hydrogens (tertiary/aromatic N) is 1. The quantitative estimate of drug-likeness (QED) is 0.536. The van der Waals surface area contributed by atoms with E-state index in [1.807, 2.05) is 24.5 Å². The molecule has 1 unspecified atom stereocenters. The Morgan fingerprint density at radius 3 is 2.91 bits per heavy atom. The van der Waals surface area contributed by atoms with Gasteiger partial charge in [0.25, 0.3) is 0 Å². The van der Waals surface area contributed by atoms with Crippen LogP contribution >= 0.6 is 9.24 Å². The van der Waals surface area contributed by atoms with Gasteiger partial charge in [-0.05, 0) is 16.8 Å². The van der Waals surface area contributed by atoms with Gasteiger partial charge in [-0.2, -0.15) is 0 Å². The Labute approximate surface area is 67.7 Å². The molecule has 0 bridgehead atoms. The summed E-state index contributed by atoms with van der Waals surface area (Å²) in [6.45, 7) is 0. The van der Waals surface area contributed by atoms with Crippen LogP contribution in [0.1, 0.15) is 0 Å². The lowest BCUT2D eigenvalue weighted by molar-refractivity contribution is 1.37. The molecule has 2 rings (SSSR count). The fourth-order valence-corrected chi connectivity index (χ4v) is 1.49. The molecular formula is C9H8NP. The van der Waals surface area contributed by atoms with Crippen LogP contribution in [0.4, 0.5) is 0 Å². The largest absolute Gasteiger partial charge is 0.264 e. The summed E-state index contributed by atoms with van der Waals surface area (Å²) < 4.78 is 0. The second kappa shape index (κ2) is 2.60. The van der Waals surface area contributed by atoms with Gasteiger partial charge in [-0.3, -0.25) is 4.98 Å². The molecule has 0 amide bonds. The maximum absolute atomic E-state index is 4.06. The first-order valence-corrected chi connectivity index (χ1v) is 4.04. The molecule has 1 aromatic carbocycles. The summed E-state index contributed by atoms with van der Waals surface area (Å²) in [5, 5.41) is 3.66. The normalized spacial score (nSPS) is 10.3. The molecule has 0 spiro atoms. The summed E-state index contributed by atoms with van der Waals surface area (Å²) in [4.78, 5) is 4.06. The molecule has 0 aliphatic heterocycles. The van der Waals surface area contributed by atoms with Crippen LogP contribution in [0.15, 0.2) is 36.7 Å². The second-order valence-electron chi connectivity index (χ2n) is 2.44. The van der Waals surface area contributed by atoms with Gasteiger partial charge < -0.3 is 0 Å². The van der Waals surface area contributed by atoms with Crippen LogP contribution in [0.3, 0.4) is 0 Å². The molecule has 11 heavy (non-hydrogen) atoms. The first kappa shape index (κ1) is 6.75. The highest BCUT2D eigenvalue weighted by atomic mass is 31.0. The Morgan fingerprint density at radius 1 is 1.18 bits per heavy atom. The number of pyridine rings is 1. The first-order valence-electron chi connectivity index (χ1n) is 3.46. The van der Waals surface area contributed by atoms with Crippen molar-refractivity contribution in [3.8, 4) is 0 Å². The third-order valence-electron chi connectivity index (χ3n) is 1.72. The van der Waals surface area contributed by atoms with Crippen molar-refractivity contribution in [3.63, 3.8) is 0 Å². The Kier molecular flexibility index (Phi) is 1.59. The highest BCUT2D eigenvalue weighted by Crippen LogP contribution is 2.10. The van der Waals surface area contributed by atoms with Crippen molar-refractivity contribution in [2.45, 2.75) is 0 Å². The van der Waals surface area contributed by atoms with Gasteiger partial charge in [0.1, 0.15) is 0 Å². The van der Waals surface area contributed by atoms with Crippen LogP contribution in [-0.4, -0.2) is 4.98 Å². The van der Waals surface area contributed by atoms with E-state index in [1.54, 1.807) is 0 Å². The van der Waals surface area contributed by atoms with Crippen molar-refractivity contribution < 1.29 is 0 Å². The molecule has 0 saturated heterocycles. The van der Waals surface area contributed by atoms with E-state index in [4.69, 9.17) is 0 Å². The summed E-state index contributed by atoms with van der Waals surface area (Å²) in [6, 6.07) is 8.22. The van der Waals surface area contributed by atoms with Gasteiger partial charge in [0.15, 0.2) is 0 Å². The maximum atomic E-state index is 4.06. The Bertz CT molecular complexity index is 379. The van der Waals surface area contributed by atoms with Crippen LogP contribution in [0.25, 0.3) is 10.8 Å². The highest BCUT2D eigenvalue weighted by molar-refractivity contribution is 7.28. The molecule has 1 atom stereocenters. The molecule has 1 heterocycles. The van der Waals surface area contributed by atoms with Gasteiger partial charge in [-0.25, -0.2) is 0 Å². The molecule has 0 aliphatic rings. The van der Waals surface area contributed by atoms with E-state index in [9.17, 15) is 0 Å². The Hall–Kier alpha value is -0.940. The lowest BCUT2D eigenvalue weighted by Gasteiger charge is -1.98. The predicted molar refractivity (Wildman–Crippen MR) is 51.1 cm³/mol. The Morgan fingerprint density at radius 2 is 2.09 bits per heavy atom. The minimum absolute atomic E-state index is 1.20. The average molecular weight is 161 g/mol. The standard InChI is InChI=1S/C9H8NP/c11-9-3-1-2-7-4-5-10-6-8(7)9/h1-6H,11H2. The topological polar surface area (TPSA) is 12.9 Å². The van der Waals surface area contributed by atoms with Crippen LogP contribution in [0.2, 0.25) is 0 Å². The van der Waals surface area contributed by atoms with E-state index in [-0.39, 0.29) is 0 Å². The fourth-order valence-electron chi connectivity index (χ4n) is 1.14. The third-order valence-corrected chi connectivity index (χ3v) is 2.22. The fraction of sp³-hybridized carbons (Fsp3) is 0. The van der Waals surface area contributed by atoms with E-state index in [2.05, 4.69) is 26.4 Å². The van der Waals surface area contributed by atoms with E-state index >= 15 is 0 Å². The molecule has 0 aliphatic carbocycles. The van der Waals surface area contributed by atoms with Crippen LogP contribution in [0.5, 0.6) is 0 Å². The lowest BCUT2D eigenvalue weighted by atomic mass is 10.2. The number of fused-ring (bicyclic) bond motifs is 1. The zero-order chi connectivity index (χ0) is 7.68. The smallest absolute Gasteiger partial charge is 0.0352 e. The molecule has 2 aromatic rings. The number of hydrogen-bond donors (Lipinski definition) is 0. The molecule has 2 heteroatoms. The van der Waals surface area contributed by atoms with Crippen molar-refractivity contribution in [2.75, 3.05) is 0 Å². The van der Waals surface area contributed by atoms with Crippen LogP contribution in [-0.2, 0) is 0 Å². The molecule has 1 aromatic heterocycles. The monoisotopic (exact) mass is 161 g/mol. The van der Waals surface area contributed by atoms with Crippen molar-refractivity contribution in [1.29, 1.82) is 0 Å². The van der Waals surface area contributed by atoms with E-state index < -0.39 is 0 Å². The van der Waals surface area contributed by atoms with Crippen LogP contribution in [0, 0.1) is 0 Å². The van der Waals surface area contributed by atoms with Gasteiger partial charge in [-0.15, -0.1) is 9.24 Å². The minimum atomic E-state index is 1.20. The SMILES string of the molecule is Pc1cccc2ccncc12. The molecule has 0 fully saturated rings. The lowest BCUT2D eigenvalue weighted by Crippen LogP contribution is -1.91. The first-order chi connectivity index (χ1) is 5.38. The summed E-state index contributed by atoms with van der Waals surface area (Å²) >= 11 is 0. The van der Waals surface area contributed by atoms with Gasteiger partial charge in [-0.1, -0.05) is 18.2 Å². The molecule has 0 saturated carbocycles. The number of aromatic nitrogens is 1. The van der Waals surface area contributed by atoms with E-state index in [0.29, 0.717) is 0 Å². The zero-order valence-corrected chi connectivity index (χ0v) is 7.14. The summed E-state index contributed by atoms with van der Waals surface area (Å²) in [7, 11) is 2.70. The summed E-state index contributed by atoms with van der Waals surface area (Å²) in [5.74, 6) is 0. The van der Waals surface area contributed by atoms with Gasteiger partial charge in [0.2, 0.25) is 0 Å². The second-order valence-corrected chi connectivity index (χ2v) is 3.07. The van der Waals surface area contributed by atoms with E-state index in [0.717, 1.165) is 0 Å². The zero-order valence-electron chi connectivity index (χ0n) is 5.99. The Balaban J connectivity index is 2.91. The molecule has 1 nitrogen and oxygen atoms in total. The molecule has 54 valence electrons. The number of benzene rings is 1. The maximum Gasteiger partial charge on any atom is 0.0352 e. The van der Waals surface area contributed by atoms with Crippen LogP contribution < -0.4 is 5.30 Å². The summed E-state index contributed by atoms with van der Waals surface area (Å²) in [5.41, 5.74) is 0. The summed E-state index contributed by atoms with van der Waals surface area (Å²) in [6.07, 6.45) is 3.70. The van der Waals surface area contributed by atoms with Gasteiger partial charge >= 0.3 is 0 Å². The minimum Gasteiger partial charge on any atom is -0.264 e. The number of hydrogen-bond acceptors (Lipinski definition) is 1. The number of rotatable bonds is 0. The third kappa shape index (κ3) is 1.12. The average Bonchev–Trinajstić information content (AvgIpc) is 2.06. The molecule has 0 N–H and O–H groups in total. The van der Waals surface area contributed by atoms with Crippen molar-refractivity contribution in [2.24, 2.45) is 0 Å². The van der Waals surface area contributed by atoms with Gasteiger partial charge in [0.05, 0.1) is 0 Å². The predicted octanol–water partition coefficient (Wildman–Crippen LogP) is 1.74. The molecular weight excluding hydrogens is 153 g/mol.